The molecule has 1 N–H and O–H groups in total. The zero-order valence-corrected chi connectivity index (χ0v) is 20.8. The number of benzene rings is 2. The average molecular weight is 458 g/mol. The molecule has 0 fully saturated rings. The van der Waals surface area contributed by atoms with E-state index >= 15 is 0 Å². The number of carbonyl (C=O) groups is 1. The monoisotopic (exact) mass is 457 g/mol. The lowest BCUT2D eigenvalue weighted by Crippen LogP contribution is -2.17. The molecule has 0 saturated carbocycles. The van der Waals surface area contributed by atoms with Crippen molar-refractivity contribution in [2.24, 2.45) is 5.92 Å². The van der Waals surface area contributed by atoms with Gasteiger partial charge in [0.1, 0.15) is 0 Å². The van der Waals surface area contributed by atoms with E-state index < -0.39 is 11.9 Å². The number of carboxylic acid groups (broad SMARTS) is 1. The maximum absolute atomic E-state index is 11.7. The van der Waals surface area contributed by atoms with Crippen LogP contribution in [0.15, 0.2) is 47.4 Å². The van der Waals surface area contributed by atoms with Crippen molar-refractivity contribution in [2.75, 3.05) is 0 Å². The molecule has 0 bridgehead atoms. The molecule has 0 saturated heterocycles. The molecule has 0 spiro atoms. The van der Waals surface area contributed by atoms with Gasteiger partial charge in [-0.25, -0.2) is 0 Å². The molecule has 5 heteroatoms. The van der Waals surface area contributed by atoms with Crippen LogP contribution in [0.1, 0.15) is 64.3 Å². The first-order valence-electron chi connectivity index (χ1n) is 10.8. The number of fused-ring (bicyclic) bond motifs is 1. The molecule has 0 aliphatic heterocycles. The first kappa shape index (κ1) is 23.7. The van der Waals surface area contributed by atoms with Crippen LogP contribution in [0.2, 0.25) is 5.02 Å². The number of carboxylic acids is 1. The molecule has 3 rings (SSSR count). The van der Waals surface area contributed by atoms with Crippen LogP contribution in [-0.2, 0) is 17.8 Å². The Kier molecular flexibility index (Phi) is 7.12. The van der Waals surface area contributed by atoms with Crippen LogP contribution in [0.4, 0.5) is 0 Å². The van der Waals surface area contributed by atoms with Crippen LogP contribution in [0.5, 0.6) is 0 Å². The number of halogens is 1. The van der Waals surface area contributed by atoms with Gasteiger partial charge >= 0.3 is 5.97 Å². The third kappa shape index (κ3) is 5.67. The topological polar surface area (TPSA) is 42.2 Å². The van der Waals surface area contributed by atoms with Gasteiger partial charge in [-0.05, 0) is 41.3 Å². The van der Waals surface area contributed by atoms with E-state index in [-0.39, 0.29) is 4.75 Å². The van der Waals surface area contributed by atoms with E-state index in [1.54, 1.807) is 6.92 Å². The summed E-state index contributed by atoms with van der Waals surface area (Å²) >= 11 is 7.92. The van der Waals surface area contributed by atoms with Gasteiger partial charge in [0.25, 0.3) is 0 Å². The summed E-state index contributed by atoms with van der Waals surface area (Å²) in [6, 6.07) is 14.6. The fourth-order valence-corrected chi connectivity index (χ4v) is 5.03. The quantitative estimate of drug-likeness (QED) is 0.371. The van der Waals surface area contributed by atoms with E-state index in [1.807, 2.05) is 36.0 Å². The van der Waals surface area contributed by atoms with E-state index in [4.69, 9.17) is 11.6 Å². The molecule has 0 aliphatic carbocycles. The second-order valence-corrected chi connectivity index (χ2v) is 11.9. The van der Waals surface area contributed by atoms with Crippen molar-refractivity contribution < 1.29 is 9.90 Å². The summed E-state index contributed by atoms with van der Waals surface area (Å²) in [6.45, 7) is 13.5. The smallest absolute Gasteiger partial charge is 0.306 e. The van der Waals surface area contributed by atoms with Gasteiger partial charge in [-0.1, -0.05) is 71.3 Å². The summed E-state index contributed by atoms with van der Waals surface area (Å²) in [7, 11) is 0. The Morgan fingerprint density at radius 3 is 2.29 bits per heavy atom. The Balaban J connectivity index is 2.26. The van der Waals surface area contributed by atoms with Crippen LogP contribution in [-0.4, -0.2) is 20.4 Å². The summed E-state index contributed by atoms with van der Waals surface area (Å²) in [4.78, 5) is 12.9. The lowest BCUT2D eigenvalue weighted by molar-refractivity contribution is -0.141. The minimum atomic E-state index is -0.766. The number of hydrogen-bond donors (Lipinski definition) is 1. The normalized spacial score (nSPS) is 13.2. The largest absolute Gasteiger partial charge is 0.481 e. The number of hydrogen-bond acceptors (Lipinski definition) is 2. The molecule has 3 aromatic rings. The fraction of sp³-hybridized carbons (Fsp3) is 0.423. The molecule has 1 aromatic heterocycles. The Labute approximate surface area is 194 Å². The molecule has 0 aliphatic rings. The van der Waals surface area contributed by atoms with Crippen molar-refractivity contribution in [1.29, 1.82) is 0 Å². The van der Waals surface area contributed by atoms with Crippen LogP contribution in [0, 0.1) is 5.92 Å². The van der Waals surface area contributed by atoms with Gasteiger partial charge in [-0.3, -0.25) is 4.79 Å². The van der Waals surface area contributed by atoms with Gasteiger partial charge < -0.3 is 9.67 Å². The van der Waals surface area contributed by atoms with Crippen molar-refractivity contribution in [1.82, 2.24) is 4.57 Å². The maximum Gasteiger partial charge on any atom is 0.306 e. The standard InChI is InChI=1S/C26H32ClNO2S/c1-16(2)19-9-12-22-21(14-19)24(31-26(4,5)6)23(13-17(3)25(29)30)28(22)15-18-7-10-20(27)11-8-18/h7-12,14,16-17H,13,15H2,1-6H3,(H,29,30). The Morgan fingerprint density at radius 1 is 1.10 bits per heavy atom. The highest BCUT2D eigenvalue weighted by Crippen LogP contribution is 2.43. The first-order chi connectivity index (χ1) is 14.5. The predicted octanol–water partition coefficient (Wildman–Crippen LogP) is 7.62. The molecule has 1 heterocycles. The van der Waals surface area contributed by atoms with Crippen molar-refractivity contribution in [3.63, 3.8) is 0 Å². The predicted molar refractivity (Wildman–Crippen MR) is 133 cm³/mol. The summed E-state index contributed by atoms with van der Waals surface area (Å²) in [5.41, 5.74) is 4.69. The van der Waals surface area contributed by atoms with E-state index in [0.717, 1.165) is 16.8 Å². The lowest BCUT2D eigenvalue weighted by atomic mass is 10.0. The van der Waals surface area contributed by atoms with Gasteiger partial charge in [0, 0.05) is 44.2 Å². The fourth-order valence-electron chi connectivity index (χ4n) is 3.71. The molecule has 2 aromatic carbocycles. The third-order valence-electron chi connectivity index (χ3n) is 5.39. The molecule has 1 unspecified atom stereocenters. The number of rotatable bonds is 7. The highest BCUT2D eigenvalue weighted by molar-refractivity contribution is 8.00. The number of aliphatic carboxylic acids is 1. The summed E-state index contributed by atoms with van der Waals surface area (Å²) in [6.07, 6.45) is 0.493. The molecule has 1 atom stereocenters. The average Bonchev–Trinajstić information content (AvgIpc) is 2.94. The number of nitrogens with zero attached hydrogens (tertiary/aromatic N) is 1. The number of thioether (sulfide) groups is 1. The van der Waals surface area contributed by atoms with E-state index in [0.29, 0.717) is 23.9 Å². The highest BCUT2D eigenvalue weighted by Gasteiger charge is 2.26. The first-order valence-corrected chi connectivity index (χ1v) is 12.0. The van der Waals surface area contributed by atoms with E-state index in [9.17, 15) is 9.90 Å². The molecule has 166 valence electrons. The molecule has 0 amide bonds. The van der Waals surface area contributed by atoms with Crippen molar-refractivity contribution in [2.45, 2.75) is 70.1 Å². The van der Waals surface area contributed by atoms with Crippen LogP contribution >= 0.6 is 23.4 Å². The minimum absolute atomic E-state index is 0.00837. The Hall–Kier alpha value is -1.91. The number of aromatic nitrogens is 1. The van der Waals surface area contributed by atoms with Crippen LogP contribution in [0.3, 0.4) is 0 Å². The van der Waals surface area contributed by atoms with E-state index in [2.05, 4.69) is 57.4 Å². The lowest BCUT2D eigenvalue weighted by Gasteiger charge is -2.20. The zero-order chi connectivity index (χ0) is 22.9. The SMILES string of the molecule is CC(Cc1c(SC(C)(C)C)c2cc(C(C)C)ccc2n1Cc1ccc(Cl)cc1)C(=O)O. The molecule has 31 heavy (non-hydrogen) atoms. The summed E-state index contributed by atoms with van der Waals surface area (Å²) < 4.78 is 2.31. The maximum atomic E-state index is 11.7. The second kappa shape index (κ2) is 9.30. The third-order valence-corrected chi connectivity index (χ3v) is 6.92. The van der Waals surface area contributed by atoms with Gasteiger partial charge in [0.15, 0.2) is 0 Å². The van der Waals surface area contributed by atoms with Crippen LogP contribution < -0.4 is 0 Å². The summed E-state index contributed by atoms with van der Waals surface area (Å²) in [5, 5.41) is 11.6. The van der Waals surface area contributed by atoms with Crippen molar-refractivity contribution in [3.8, 4) is 0 Å². The van der Waals surface area contributed by atoms with Gasteiger partial charge in [0.2, 0.25) is 0 Å². The molecular formula is C26H32ClNO2S. The molecule has 3 nitrogen and oxygen atoms in total. The van der Waals surface area contributed by atoms with Crippen molar-refractivity contribution in [3.05, 3.63) is 64.3 Å². The molecule has 0 radical (unpaired) electrons. The molecular weight excluding hydrogens is 426 g/mol. The van der Waals surface area contributed by atoms with E-state index in [1.165, 1.54) is 15.8 Å². The van der Waals surface area contributed by atoms with Crippen molar-refractivity contribution >= 4 is 40.2 Å². The van der Waals surface area contributed by atoms with Gasteiger partial charge in [-0.15, -0.1) is 11.8 Å². The minimum Gasteiger partial charge on any atom is -0.481 e. The van der Waals surface area contributed by atoms with Gasteiger partial charge in [0.05, 0.1) is 5.92 Å². The summed E-state index contributed by atoms with van der Waals surface area (Å²) in [5.74, 6) is -0.798. The highest BCUT2D eigenvalue weighted by atomic mass is 35.5. The zero-order valence-electron chi connectivity index (χ0n) is 19.2. The van der Waals surface area contributed by atoms with Crippen LogP contribution in [0.25, 0.3) is 10.9 Å². The Morgan fingerprint density at radius 2 is 1.74 bits per heavy atom. The second-order valence-electron chi connectivity index (χ2n) is 9.58. The Bertz CT molecular complexity index is 1080. The van der Waals surface area contributed by atoms with Gasteiger partial charge in [-0.2, -0.15) is 0 Å².